The van der Waals surface area contributed by atoms with Crippen LogP contribution in [0.4, 0.5) is 0 Å². The van der Waals surface area contributed by atoms with Gasteiger partial charge in [0.25, 0.3) is 0 Å². The Labute approximate surface area is 352 Å². The largest absolute Gasteiger partial charge is 0.456 e. The fourth-order valence-corrected chi connectivity index (χ4v) is 10.3. The summed E-state index contributed by atoms with van der Waals surface area (Å²) in [5.41, 5.74) is 11.5. The van der Waals surface area contributed by atoms with E-state index in [1.165, 1.54) is 109 Å². The lowest BCUT2D eigenvalue weighted by Crippen LogP contribution is -1.91. The molecule has 1 heterocycles. The molecule has 61 heavy (non-hydrogen) atoms. The summed E-state index contributed by atoms with van der Waals surface area (Å²) in [6.07, 6.45) is 0. The summed E-state index contributed by atoms with van der Waals surface area (Å²) in [4.78, 5) is 0. The van der Waals surface area contributed by atoms with E-state index < -0.39 is 0 Å². The van der Waals surface area contributed by atoms with Gasteiger partial charge in [-0.15, -0.1) is 0 Å². The quantitative estimate of drug-likeness (QED) is 0.128. The second-order valence-electron chi connectivity index (χ2n) is 16.3. The van der Waals surface area contributed by atoms with E-state index in [2.05, 4.69) is 218 Å². The number of rotatable bonds is 4. The Morgan fingerprint density at radius 3 is 1.30 bits per heavy atom. The molecule has 12 aromatic carbocycles. The van der Waals surface area contributed by atoms with Crippen molar-refractivity contribution in [3.8, 4) is 44.5 Å². The minimum absolute atomic E-state index is 0.904. The predicted molar refractivity (Wildman–Crippen MR) is 260 cm³/mol. The molecule has 13 rings (SSSR count). The highest BCUT2D eigenvalue weighted by Gasteiger charge is 2.21. The van der Waals surface area contributed by atoms with Gasteiger partial charge in [0.1, 0.15) is 11.2 Å². The van der Waals surface area contributed by atoms with E-state index in [0.717, 1.165) is 21.9 Å². The van der Waals surface area contributed by atoms with Crippen molar-refractivity contribution in [1.29, 1.82) is 0 Å². The molecule has 0 N–H and O–H groups in total. The molecule has 282 valence electrons. The van der Waals surface area contributed by atoms with Gasteiger partial charge in [-0.05, 0) is 133 Å². The molecule has 0 bridgehead atoms. The molecular formula is C60H36O. The van der Waals surface area contributed by atoms with E-state index in [4.69, 9.17) is 4.42 Å². The van der Waals surface area contributed by atoms with Crippen LogP contribution in [-0.2, 0) is 0 Å². The minimum atomic E-state index is 0.904. The van der Waals surface area contributed by atoms with Crippen LogP contribution >= 0.6 is 0 Å². The maximum Gasteiger partial charge on any atom is 0.136 e. The summed E-state index contributed by atoms with van der Waals surface area (Å²) in [5, 5.41) is 17.3. The van der Waals surface area contributed by atoms with Crippen molar-refractivity contribution in [1.82, 2.24) is 0 Å². The molecule has 0 atom stereocenters. The molecule has 1 nitrogen and oxygen atoms in total. The van der Waals surface area contributed by atoms with Crippen LogP contribution in [0.5, 0.6) is 0 Å². The van der Waals surface area contributed by atoms with Gasteiger partial charge in [0.15, 0.2) is 0 Å². The number of benzene rings is 12. The van der Waals surface area contributed by atoms with Crippen molar-refractivity contribution in [3.63, 3.8) is 0 Å². The third-order valence-corrected chi connectivity index (χ3v) is 13.0. The number of hydrogen-bond donors (Lipinski definition) is 0. The van der Waals surface area contributed by atoms with Crippen molar-refractivity contribution < 1.29 is 4.42 Å². The molecule has 0 fully saturated rings. The van der Waals surface area contributed by atoms with Gasteiger partial charge < -0.3 is 4.42 Å². The Kier molecular flexibility index (Phi) is 7.37. The van der Waals surface area contributed by atoms with E-state index in [1.54, 1.807) is 0 Å². The fourth-order valence-electron chi connectivity index (χ4n) is 10.3. The molecule has 13 aromatic rings. The second kappa shape index (κ2) is 13.3. The fraction of sp³-hybridized carbons (Fsp3) is 0. The summed E-state index contributed by atoms with van der Waals surface area (Å²) >= 11 is 0. The number of fused-ring (bicyclic) bond motifs is 12. The highest BCUT2D eigenvalue weighted by molar-refractivity contribution is 6.27. The third kappa shape index (κ3) is 5.14. The van der Waals surface area contributed by atoms with Gasteiger partial charge in [-0.2, -0.15) is 0 Å². The van der Waals surface area contributed by atoms with E-state index in [9.17, 15) is 0 Å². The van der Waals surface area contributed by atoms with Crippen LogP contribution in [0.3, 0.4) is 0 Å². The Hall–Kier alpha value is -8.00. The maximum atomic E-state index is 6.58. The SMILES string of the molecule is c1ccc(-c2ccc3c4ccccc4c4ccccc4c3c2)c(-c2ccc(-c3c4ccccc4c(-c4cccc5oc6cc7ccccc7cc6c45)c4ccccc34)cc2)c1. The van der Waals surface area contributed by atoms with Gasteiger partial charge in [-0.1, -0.05) is 194 Å². The van der Waals surface area contributed by atoms with Crippen LogP contribution in [0.1, 0.15) is 0 Å². The van der Waals surface area contributed by atoms with Gasteiger partial charge in [0.2, 0.25) is 0 Å². The molecule has 0 saturated carbocycles. The van der Waals surface area contributed by atoms with Crippen LogP contribution < -0.4 is 0 Å². The normalized spacial score (nSPS) is 11.9. The highest BCUT2D eigenvalue weighted by Crippen LogP contribution is 2.48. The van der Waals surface area contributed by atoms with Gasteiger partial charge in [0.05, 0.1) is 0 Å². The molecule has 0 amide bonds. The molecule has 1 heteroatoms. The van der Waals surface area contributed by atoms with Crippen LogP contribution in [-0.4, -0.2) is 0 Å². The lowest BCUT2D eigenvalue weighted by Gasteiger charge is -2.18. The summed E-state index contributed by atoms with van der Waals surface area (Å²) in [7, 11) is 0. The van der Waals surface area contributed by atoms with Gasteiger partial charge in [-0.3, -0.25) is 0 Å². The standard InChI is InChI=1S/C60H36O/c1-2-15-40-36-57-55(34-39(40)14-1)60-53(26-13-27-56(60)61-57)59-51-24-11-9-22-49(51)58(50-23-10-12-25-52(50)59)38-30-28-37(29-31-38)42-16-3-4-17-43(42)41-32-33-48-46-20-6-5-18-44(46)45-19-7-8-21-47(45)54(48)35-41/h1-36H. The average molecular weight is 773 g/mol. The maximum absolute atomic E-state index is 6.58. The van der Waals surface area contributed by atoms with Crippen molar-refractivity contribution >= 4 is 86.6 Å². The van der Waals surface area contributed by atoms with Gasteiger partial charge in [-0.25, -0.2) is 0 Å². The van der Waals surface area contributed by atoms with Crippen molar-refractivity contribution in [3.05, 3.63) is 218 Å². The zero-order valence-electron chi connectivity index (χ0n) is 33.2. The molecule has 0 aliphatic carbocycles. The first-order valence-electron chi connectivity index (χ1n) is 21.1. The zero-order valence-corrected chi connectivity index (χ0v) is 33.2. The Balaban J connectivity index is 0.970. The molecule has 0 radical (unpaired) electrons. The smallest absolute Gasteiger partial charge is 0.136 e. The Bertz CT molecular complexity index is 3830. The van der Waals surface area contributed by atoms with Gasteiger partial charge in [0, 0.05) is 10.8 Å². The lowest BCUT2D eigenvalue weighted by molar-refractivity contribution is 0.669. The molecule has 0 aliphatic heterocycles. The first-order chi connectivity index (χ1) is 30.3. The topological polar surface area (TPSA) is 13.1 Å². The molecular weight excluding hydrogens is 737 g/mol. The average Bonchev–Trinajstić information content (AvgIpc) is 3.70. The van der Waals surface area contributed by atoms with Crippen LogP contribution in [0.15, 0.2) is 223 Å². The zero-order chi connectivity index (χ0) is 40.0. The van der Waals surface area contributed by atoms with Gasteiger partial charge >= 0.3 is 0 Å². The summed E-state index contributed by atoms with van der Waals surface area (Å²) in [6, 6.07) is 80.0. The third-order valence-electron chi connectivity index (χ3n) is 13.0. The van der Waals surface area contributed by atoms with E-state index in [-0.39, 0.29) is 0 Å². The molecule has 0 aliphatic rings. The summed E-state index contributed by atoms with van der Waals surface area (Å²) in [5.74, 6) is 0. The summed E-state index contributed by atoms with van der Waals surface area (Å²) in [6.45, 7) is 0. The monoisotopic (exact) mass is 772 g/mol. The van der Waals surface area contributed by atoms with Crippen molar-refractivity contribution in [2.45, 2.75) is 0 Å². The number of hydrogen-bond acceptors (Lipinski definition) is 1. The summed E-state index contributed by atoms with van der Waals surface area (Å²) < 4.78 is 6.58. The molecule has 0 spiro atoms. The van der Waals surface area contributed by atoms with Crippen molar-refractivity contribution in [2.24, 2.45) is 0 Å². The highest BCUT2D eigenvalue weighted by atomic mass is 16.3. The molecule has 0 saturated heterocycles. The lowest BCUT2D eigenvalue weighted by atomic mass is 9.84. The first kappa shape index (κ1) is 33.9. The van der Waals surface area contributed by atoms with Crippen LogP contribution in [0, 0.1) is 0 Å². The van der Waals surface area contributed by atoms with Crippen molar-refractivity contribution in [2.75, 3.05) is 0 Å². The molecule has 0 unspecified atom stereocenters. The van der Waals surface area contributed by atoms with Crippen LogP contribution in [0.25, 0.3) is 131 Å². The minimum Gasteiger partial charge on any atom is -0.456 e. The van der Waals surface area contributed by atoms with Crippen LogP contribution in [0.2, 0.25) is 0 Å². The predicted octanol–water partition coefficient (Wildman–Crippen LogP) is 17.2. The molecule has 1 aromatic heterocycles. The Morgan fingerprint density at radius 2 is 0.672 bits per heavy atom. The van der Waals surface area contributed by atoms with E-state index in [1.807, 2.05) is 0 Å². The Morgan fingerprint density at radius 1 is 0.230 bits per heavy atom. The van der Waals surface area contributed by atoms with E-state index in [0.29, 0.717) is 0 Å². The second-order valence-corrected chi connectivity index (χ2v) is 16.3. The first-order valence-corrected chi connectivity index (χ1v) is 21.1. The van der Waals surface area contributed by atoms with E-state index >= 15 is 0 Å². The number of furan rings is 1.